The first-order valence-electron chi connectivity index (χ1n) is 8.81. The third-order valence-corrected chi connectivity index (χ3v) is 6.67. The Kier molecular flexibility index (Phi) is 4.48. The highest BCUT2D eigenvalue weighted by Crippen LogP contribution is 2.19. The SMILES string of the molecule is Cn1cc(S(=O)(=O)N2CCCN(C(=O)c3cc4ccccc4[nH]3)CC2)cn1. The topological polar surface area (TPSA) is 91.3 Å². The molecule has 0 bridgehead atoms. The molecule has 1 amide bonds. The fraction of sp³-hybridized carbons (Fsp3) is 0.333. The summed E-state index contributed by atoms with van der Waals surface area (Å²) in [6, 6.07) is 9.56. The summed E-state index contributed by atoms with van der Waals surface area (Å²) in [4.78, 5) is 17.9. The molecule has 8 nitrogen and oxygen atoms in total. The van der Waals surface area contributed by atoms with Crippen molar-refractivity contribution >= 4 is 26.8 Å². The number of aromatic amines is 1. The molecule has 1 aliphatic rings. The lowest BCUT2D eigenvalue weighted by Gasteiger charge is -2.21. The van der Waals surface area contributed by atoms with Gasteiger partial charge < -0.3 is 9.88 Å². The van der Waals surface area contributed by atoms with Gasteiger partial charge >= 0.3 is 0 Å². The van der Waals surface area contributed by atoms with Gasteiger partial charge in [0.15, 0.2) is 0 Å². The van der Waals surface area contributed by atoms with Gasteiger partial charge in [-0.15, -0.1) is 0 Å². The zero-order valence-corrected chi connectivity index (χ0v) is 15.8. The van der Waals surface area contributed by atoms with E-state index in [-0.39, 0.29) is 17.3 Å². The summed E-state index contributed by atoms with van der Waals surface area (Å²) in [5, 5.41) is 4.93. The van der Waals surface area contributed by atoms with Crippen LogP contribution in [0.2, 0.25) is 0 Å². The molecule has 1 saturated heterocycles. The Balaban J connectivity index is 1.50. The minimum atomic E-state index is -3.59. The number of H-pyrrole nitrogens is 1. The first-order valence-corrected chi connectivity index (χ1v) is 10.2. The third-order valence-electron chi connectivity index (χ3n) is 4.82. The van der Waals surface area contributed by atoms with E-state index in [1.165, 1.54) is 21.4 Å². The normalized spacial score (nSPS) is 16.6. The van der Waals surface area contributed by atoms with Gasteiger partial charge in [0, 0.05) is 50.3 Å². The molecule has 1 aliphatic heterocycles. The summed E-state index contributed by atoms with van der Waals surface area (Å²) in [7, 11) is -1.91. The van der Waals surface area contributed by atoms with Crippen LogP contribution in [0.15, 0.2) is 47.6 Å². The molecule has 2 aromatic heterocycles. The number of carbonyl (C=O) groups excluding carboxylic acids is 1. The van der Waals surface area contributed by atoms with Crippen molar-refractivity contribution in [3.8, 4) is 0 Å². The van der Waals surface area contributed by atoms with Crippen LogP contribution in [-0.2, 0) is 17.1 Å². The van der Waals surface area contributed by atoms with Crippen LogP contribution in [0.4, 0.5) is 0 Å². The number of fused-ring (bicyclic) bond motifs is 1. The fourth-order valence-electron chi connectivity index (χ4n) is 3.38. The summed E-state index contributed by atoms with van der Waals surface area (Å²) in [6.07, 6.45) is 3.44. The first-order chi connectivity index (χ1) is 12.9. The fourth-order valence-corrected chi connectivity index (χ4v) is 4.83. The number of aromatic nitrogens is 3. The Hall–Kier alpha value is -2.65. The Morgan fingerprint density at radius 2 is 1.96 bits per heavy atom. The van der Waals surface area contributed by atoms with E-state index in [4.69, 9.17) is 0 Å². The van der Waals surface area contributed by atoms with Gasteiger partial charge in [-0.3, -0.25) is 9.48 Å². The number of carbonyl (C=O) groups is 1. The number of sulfonamides is 1. The summed E-state index contributed by atoms with van der Waals surface area (Å²) >= 11 is 0. The number of hydrogen-bond donors (Lipinski definition) is 1. The molecule has 0 atom stereocenters. The number of para-hydroxylation sites is 1. The lowest BCUT2D eigenvalue weighted by atomic mass is 10.2. The van der Waals surface area contributed by atoms with Crippen LogP contribution in [0.25, 0.3) is 10.9 Å². The summed E-state index contributed by atoms with van der Waals surface area (Å²) in [5.74, 6) is -0.105. The van der Waals surface area contributed by atoms with E-state index in [0.29, 0.717) is 31.7 Å². The van der Waals surface area contributed by atoms with Gasteiger partial charge in [0.05, 0.1) is 6.20 Å². The molecule has 1 aromatic carbocycles. The van der Waals surface area contributed by atoms with Crippen LogP contribution in [0.5, 0.6) is 0 Å². The van der Waals surface area contributed by atoms with Crippen molar-refractivity contribution in [1.82, 2.24) is 24.0 Å². The van der Waals surface area contributed by atoms with Gasteiger partial charge in [-0.1, -0.05) is 18.2 Å². The van der Waals surface area contributed by atoms with Crippen molar-refractivity contribution in [2.45, 2.75) is 11.3 Å². The smallest absolute Gasteiger partial charge is 0.270 e. The molecule has 142 valence electrons. The van der Waals surface area contributed by atoms with E-state index < -0.39 is 10.0 Å². The lowest BCUT2D eigenvalue weighted by Crippen LogP contribution is -2.37. The first kappa shape index (κ1) is 17.7. The monoisotopic (exact) mass is 387 g/mol. The molecule has 1 N–H and O–H groups in total. The number of benzene rings is 1. The minimum Gasteiger partial charge on any atom is -0.351 e. The van der Waals surface area contributed by atoms with E-state index in [2.05, 4.69) is 10.1 Å². The number of rotatable bonds is 3. The second-order valence-electron chi connectivity index (χ2n) is 6.67. The van der Waals surface area contributed by atoms with Crippen molar-refractivity contribution in [2.75, 3.05) is 26.2 Å². The molecule has 0 radical (unpaired) electrons. The van der Waals surface area contributed by atoms with E-state index in [0.717, 1.165) is 10.9 Å². The van der Waals surface area contributed by atoms with E-state index in [1.807, 2.05) is 30.3 Å². The molecule has 1 fully saturated rings. The maximum atomic E-state index is 12.9. The molecule has 3 heterocycles. The summed E-state index contributed by atoms with van der Waals surface area (Å²) in [6.45, 7) is 1.53. The van der Waals surface area contributed by atoms with Gasteiger partial charge in [-0.25, -0.2) is 8.42 Å². The standard InChI is InChI=1S/C18H21N5O3S/c1-21-13-15(12-19-21)27(25,26)23-8-4-7-22(9-10-23)18(24)17-11-14-5-2-3-6-16(14)20-17/h2-3,5-6,11-13,20H,4,7-10H2,1H3. The average Bonchev–Trinajstić information content (AvgIpc) is 3.20. The number of nitrogens with zero attached hydrogens (tertiary/aromatic N) is 4. The van der Waals surface area contributed by atoms with E-state index in [1.54, 1.807) is 11.9 Å². The van der Waals surface area contributed by atoms with Crippen molar-refractivity contribution in [1.29, 1.82) is 0 Å². The highest BCUT2D eigenvalue weighted by atomic mass is 32.2. The predicted molar refractivity (Wildman–Crippen MR) is 101 cm³/mol. The molecular weight excluding hydrogens is 366 g/mol. The van der Waals surface area contributed by atoms with Gasteiger partial charge in [-0.05, 0) is 18.6 Å². The van der Waals surface area contributed by atoms with Crippen molar-refractivity contribution in [2.24, 2.45) is 7.05 Å². The number of amides is 1. The molecule has 0 saturated carbocycles. The van der Waals surface area contributed by atoms with Crippen LogP contribution in [0.3, 0.4) is 0 Å². The lowest BCUT2D eigenvalue weighted by molar-refractivity contribution is 0.0759. The summed E-state index contributed by atoms with van der Waals surface area (Å²) < 4.78 is 28.5. The van der Waals surface area contributed by atoms with Gasteiger partial charge in [0.2, 0.25) is 10.0 Å². The van der Waals surface area contributed by atoms with Crippen LogP contribution < -0.4 is 0 Å². The van der Waals surface area contributed by atoms with E-state index >= 15 is 0 Å². The molecule has 9 heteroatoms. The van der Waals surface area contributed by atoms with Gasteiger partial charge in [0.1, 0.15) is 10.6 Å². The zero-order valence-electron chi connectivity index (χ0n) is 15.0. The number of aryl methyl sites for hydroxylation is 1. The van der Waals surface area contributed by atoms with Crippen LogP contribution in [0.1, 0.15) is 16.9 Å². The summed E-state index contributed by atoms with van der Waals surface area (Å²) in [5.41, 5.74) is 1.44. The van der Waals surface area contributed by atoms with Crippen molar-refractivity contribution in [3.05, 3.63) is 48.4 Å². The Bertz CT molecular complexity index is 1050. The maximum absolute atomic E-state index is 12.9. The maximum Gasteiger partial charge on any atom is 0.270 e. The quantitative estimate of drug-likeness (QED) is 0.736. The molecular formula is C18H21N5O3S. The minimum absolute atomic E-state index is 0.105. The van der Waals surface area contributed by atoms with Crippen LogP contribution in [-0.4, -0.2) is 64.5 Å². The van der Waals surface area contributed by atoms with Crippen molar-refractivity contribution in [3.63, 3.8) is 0 Å². The van der Waals surface area contributed by atoms with Crippen LogP contribution >= 0.6 is 0 Å². The molecule has 0 spiro atoms. The molecule has 3 aromatic rings. The van der Waals surface area contributed by atoms with Crippen molar-refractivity contribution < 1.29 is 13.2 Å². The predicted octanol–water partition coefficient (Wildman–Crippen LogP) is 1.44. The molecule has 4 rings (SSSR count). The Morgan fingerprint density at radius 1 is 1.15 bits per heavy atom. The van der Waals surface area contributed by atoms with Crippen LogP contribution in [0, 0.1) is 0 Å². The highest BCUT2D eigenvalue weighted by molar-refractivity contribution is 7.89. The molecule has 0 aliphatic carbocycles. The second-order valence-corrected chi connectivity index (χ2v) is 8.61. The van der Waals surface area contributed by atoms with Gasteiger partial charge in [0.25, 0.3) is 5.91 Å². The largest absolute Gasteiger partial charge is 0.351 e. The zero-order chi connectivity index (χ0) is 19.0. The Labute approximate surface area is 157 Å². The molecule has 0 unspecified atom stereocenters. The third kappa shape index (κ3) is 3.35. The molecule has 27 heavy (non-hydrogen) atoms. The average molecular weight is 387 g/mol. The second kappa shape index (κ2) is 6.82. The van der Waals surface area contributed by atoms with Gasteiger partial charge in [-0.2, -0.15) is 9.40 Å². The number of hydrogen-bond acceptors (Lipinski definition) is 4. The number of nitrogens with one attached hydrogen (secondary N) is 1. The van der Waals surface area contributed by atoms with E-state index in [9.17, 15) is 13.2 Å². The Morgan fingerprint density at radius 3 is 2.70 bits per heavy atom. The highest BCUT2D eigenvalue weighted by Gasteiger charge is 2.29.